The highest BCUT2D eigenvalue weighted by Gasteiger charge is 2.18. The number of carbonyl (C=O) groups is 1. The second-order valence-corrected chi connectivity index (χ2v) is 5.53. The number of hydrogen-bond donors (Lipinski definition) is 2. The molecule has 0 fully saturated rings. The van der Waals surface area contributed by atoms with Crippen molar-refractivity contribution in [3.8, 4) is 11.4 Å². The van der Waals surface area contributed by atoms with Crippen LogP contribution < -0.4 is 11.1 Å². The van der Waals surface area contributed by atoms with Gasteiger partial charge in [-0.05, 0) is 48.5 Å². The standard InChI is InChI=1S/C19H15N5O/c20-14-10-8-13(9-11-14)18-22-15-5-1-2-6-16(15)24(18)19(25)23-17-7-3-4-12-21-17/h1-12H,20H2,(H,21,23,25). The fourth-order valence-corrected chi connectivity index (χ4v) is 2.66. The molecule has 0 radical (unpaired) electrons. The van der Waals surface area contributed by atoms with Crippen molar-refractivity contribution in [1.29, 1.82) is 0 Å². The second-order valence-electron chi connectivity index (χ2n) is 5.53. The number of fused-ring (bicyclic) bond motifs is 1. The average Bonchev–Trinajstić information content (AvgIpc) is 3.03. The number of aromatic nitrogens is 3. The molecule has 0 saturated heterocycles. The molecule has 0 aliphatic heterocycles. The van der Waals surface area contributed by atoms with E-state index in [4.69, 9.17) is 5.73 Å². The molecule has 2 heterocycles. The fraction of sp³-hybridized carbons (Fsp3) is 0. The van der Waals surface area contributed by atoms with Gasteiger partial charge in [-0.25, -0.2) is 19.3 Å². The normalized spacial score (nSPS) is 10.7. The molecular weight excluding hydrogens is 314 g/mol. The highest BCUT2D eigenvalue weighted by atomic mass is 16.2. The van der Waals surface area contributed by atoms with Crippen LogP contribution in [0.1, 0.15) is 0 Å². The monoisotopic (exact) mass is 329 g/mol. The number of anilines is 2. The molecule has 0 unspecified atom stereocenters. The Kier molecular flexibility index (Phi) is 3.63. The molecule has 2 aromatic heterocycles. The Bertz CT molecular complexity index is 1040. The second kappa shape index (κ2) is 6.09. The molecule has 0 atom stereocenters. The molecule has 6 heteroatoms. The van der Waals surface area contributed by atoms with E-state index in [1.54, 1.807) is 35.0 Å². The van der Waals surface area contributed by atoms with E-state index in [0.717, 1.165) is 16.6 Å². The Morgan fingerprint density at radius 3 is 2.48 bits per heavy atom. The average molecular weight is 329 g/mol. The van der Waals surface area contributed by atoms with Crippen molar-refractivity contribution in [2.75, 3.05) is 11.1 Å². The lowest BCUT2D eigenvalue weighted by atomic mass is 10.2. The van der Waals surface area contributed by atoms with E-state index < -0.39 is 0 Å². The van der Waals surface area contributed by atoms with Gasteiger partial charge in [0.15, 0.2) is 0 Å². The van der Waals surface area contributed by atoms with Crippen LogP contribution in [0.2, 0.25) is 0 Å². The summed E-state index contributed by atoms with van der Waals surface area (Å²) in [5.41, 5.74) is 8.69. The van der Waals surface area contributed by atoms with Gasteiger partial charge in [0, 0.05) is 17.4 Å². The molecule has 3 N–H and O–H groups in total. The lowest BCUT2D eigenvalue weighted by molar-refractivity contribution is 0.254. The van der Waals surface area contributed by atoms with Gasteiger partial charge in [-0.3, -0.25) is 5.32 Å². The Hall–Kier alpha value is -3.67. The zero-order valence-corrected chi connectivity index (χ0v) is 13.3. The first kappa shape index (κ1) is 14.9. The maximum atomic E-state index is 12.9. The minimum Gasteiger partial charge on any atom is -0.399 e. The smallest absolute Gasteiger partial charge is 0.333 e. The summed E-state index contributed by atoms with van der Waals surface area (Å²) in [4.78, 5) is 21.7. The van der Waals surface area contributed by atoms with Crippen LogP contribution in [0.3, 0.4) is 0 Å². The number of imidazole rings is 1. The first-order valence-electron chi connectivity index (χ1n) is 7.78. The van der Waals surface area contributed by atoms with Gasteiger partial charge in [0.2, 0.25) is 0 Å². The number of carbonyl (C=O) groups excluding carboxylic acids is 1. The van der Waals surface area contributed by atoms with Crippen molar-refractivity contribution in [3.05, 3.63) is 72.9 Å². The summed E-state index contributed by atoms with van der Waals surface area (Å²) in [6.07, 6.45) is 1.63. The quantitative estimate of drug-likeness (QED) is 0.548. The Morgan fingerprint density at radius 1 is 0.960 bits per heavy atom. The van der Waals surface area contributed by atoms with Crippen molar-refractivity contribution in [2.45, 2.75) is 0 Å². The Balaban J connectivity index is 1.84. The van der Waals surface area contributed by atoms with E-state index in [2.05, 4.69) is 15.3 Å². The molecule has 0 aliphatic rings. The number of nitrogens with one attached hydrogen (secondary N) is 1. The number of pyridine rings is 1. The van der Waals surface area contributed by atoms with E-state index in [0.29, 0.717) is 17.3 Å². The maximum Gasteiger partial charge on any atom is 0.333 e. The molecule has 6 nitrogen and oxygen atoms in total. The predicted octanol–water partition coefficient (Wildman–Crippen LogP) is 3.76. The van der Waals surface area contributed by atoms with Gasteiger partial charge >= 0.3 is 6.03 Å². The Morgan fingerprint density at radius 2 is 1.72 bits per heavy atom. The molecule has 4 aromatic rings. The summed E-state index contributed by atoms with van der Waals surface area (Å²) >= 11 is 0. The van der Waals surface area contributed by atoms with Crippen LogP contribution in [0, 0.1) is 0 Å². The lowest BCUT2D eigenvalue weighted by Gasteiger charge is -2.09. The summed E-state index contributed by atoms with van der Waals surface area (Å²) < 4.78 is 1.55. The van der Waals surface area contributed by atoms with Gasteiger partial charge in [0.25, 0.3) is 0 Å². The van der Waals surface area contributed by atoms with Gasteiger partial charge in [0.1, 0.15) is 11.6 Å². The minimum atomic E-state index is -0.320. The molecule has 4 rings (SSSR count). The van der Waals surface area contributed by atoms with Gasteiger partial charge in [-0.1, -0.05) is 18.2 Å². The summed E-state index contributed by atoms with van der Waals surface area (Å²) in [5.74, 6) is 1.03. The molecule has 122 valence electrons. The summed E-state index contributed by atoms with van der Waals surface area (Å²) in [5, 5.41) is 2.81. The van der Waals surface area contributed by atoms with Crippen molar-refractivity contribution >= 4 is 28.6 Å². The van der Waals surface area contributed by atoms with Crippen molar-refractivity contribution in [2.24, 2.45) is 0 Å². The summed E-state index contributed by atoms with van der Waals surface area (Å²) in [6, 6.07) is 19.8. The van der Waals surface area contributed by atoms with Crippen LogP contribution in [-0.4, -0.2) is 20.6 Å². The lowest BCUT2D eigenvalue weighted by Crippen LogP contribution is -2.20. The van der Waals surface area contributed by atoms with Gasteiger partial charge < -0.3 is 5.73 Å². The largest absolute Gasteiger partial charge is 0.399 e. The van der Waals surface area contributed by atoms with Crippen molar-refractivity contribution < 1.29 is 4.79 Å². The molecule has 0 spiro atoms. The first-order chi connectivity index (χ1) is 12.2. The van der Waals surface area contributed by atoms with E-state index in [1.807, 2.05) is 42.5 Å². The molecule has 0 bridgehead atoms. The molecule has 2 aromatic carbocycles. The van der Waals surface area contributed by atoms with Crippen molar-refractivity contribution in [3.63, 3.8) is 0 Å². The first-order valence-corrected chi connectivity index (χ1v) is 7.78. The zero-order valence-electron chi connectivity index (χ0n) is 13.3. The van der Waals surface area contributed by atoms with Crippen LogP contribution in [0.5, 0.6) is 0 Å². The molecule has 0 aliphatic carbocycles. The van der Waals surface area contributed by atoms with Crippen molar-refractivity contribution in [1.82, 2.24) is 14.5 Å². The van der Waals surface area contributed by atoms with E-state index >= 15 is 0 Å². The highest BCUT2D eigenvalue weighted by molar-refractivity contribution is 6.00. The predicted molar refractivity (Wildman–Crippen MR) is 98.2 cm³/mol. The van der Waals surface area contributed by atoms with Gasteiger partial charge in [-0.2, -0.15) is 0 Å². The van der Waals surface area contributed by atoms with Crippen LogP contribution >= 0.6 is 0 Å². The third-order valence-corrected chi connectivity index (χ3v) is 3.83. The van der Waals surface area contributed by atoms with Crippen LogP contribution in [0.25, 0.3) is 22.4 Å². The van der Waals surface area contributed by atoms with E-state index in [-0.39, 0.29) is 6.03 Å². The number of hydrogen-bond acceptors (Lipinski definition) is 4. The zero-order chi connectivity index (χ0) is 17.2. The van der Waals surface area contributed by atoms with Crippen LogP contribution in [0.15, 0.2) is 72.9 Å². The van der Waals surface area contributed by atoms with E-state index in [9.17, 15) is 4.79 Å². The third-order valence-electron chi connectivity index (χ3n) is 3.83. The number of benzene rings is 2. The van der Waals surface area contributed by atoms with Gasteiger partial charge in [0.05, 0.1) is 11.0 Å². The minimum absolute atomic E-state index is 0.320. The number of nitrogens with zero attached hydrogens (tertiary/aromatic N) is 3. The van der Waals surface area contributed by atoms with Gasteiger partial charge in [-0.15, -0.1) is 0 Å². The van der Waals surface area contributed by atoms with Crippen LogP contribution in [-0.2, 0) is 0 Å². The fourth-order valence-electron chi connectivity index (χ4n) is 2.66. The van der Waals surface area contributed by atoms with E-state index in [1.165, 1.54) is 0 Å². The summed E-state index contributed by atoms with van der Waals surface area (Å²) in [6.45, 7) is 0. The number of nitrogens with two attached hydrogens (primary N) is 1. The molecule has 1 amide bonds. The number of para-hydroxylation sites is 2. The molecule has 25 heavy (non-hydrogen) atoms. The molecule has 0 saturated carbocycles. The Labute approximate surface area is 144 Å². The number of amides is 1. The summed E-state index contributed by atoms with van der Waals surface area (Å²) in [7, 11) is 0. The topological polar surface area (TPSA) is 85.8 Å². The number of rotatable bonds is 2. The van der Waals surface area contributed by atoms with Crippen LogP contribution in [0.4, 0.5) is 16.3 Å². The maximum absolute atomic E-state index is 12.9. The third kappa shape index (κ3) is 2.81. The SMILES string of the molecule is Nc1ccc(-c2nc3ccccc3n2C(=O)Nc2ccccn2)cc1. The molecular formula is C19H15N5O. The number of nitrogen functional groups attached to an aromatic ring is 1. The highest BCUT2D eigenvalue weighted by Crippen LogP contribution is 2.25.